The summed E-state index contributed by atoms with van der Waals surface area (Å²) in [5.41, 5.74) is 1.36. The van der Waals surface area contributed by atoms with Gasteiger partial charge in [-0.1, -0.05) is 52.7 Å². The zero-order chi connectivity index (χ0) is 20.5. The molecule has 0 heterocycles. The third-order valence-electron chi connectivity index (χ3n) is 6.19. The summed E-state index contributed by atoms with van der Waals surface area (Å²) in [6, 6.07) is 8.64. The first-order chi connectivity index (χ1) is 12.6. The minimum absolute atomic E-state index is 0.0693. The van der Waals surface area contributed by atoms with Gasteiger partial charge in [-0.3, -0.25) is 4.79 Å². The third kappa shape index (κ3) is 7.69. The number of benzene rings is 1. The van der Waals surface area contributed by atoms with Gasteiger partial charge in [0.05, 0.1) is 6.61 Å². The number of carbonyl (C=O) groups excluding carboxylic acids is 1. The molecule has 27 heavy (non-hydrogen) atoms. The molecule has 3 nitrogen and oxygen atoms in total. The lowest BCUT2D eigenvalue weighted by Crippen LogP contribution is -2.47. The third-order valence-corrected chi connectivity index (χ3v) is 10.6. The van der Waals surface area contributed by atoms with Crippen molar-refractivity contribution in [2.45, 2.75) is 91.3 Å². The van der Waals surface area contributed by atoms with Crippen molar-refractivity contribution in [3.63, 3.8) is 0 Å². The number of hydrogen-bond acceptors (Lipinski definition) is 3. The lowest BCUT2D eigenvalue weighted by molar-refractivity contribution is -0.143. The van der Waals surface area contributed by atoms with Crippen LogP contribution in [0.3, 0.4) is 0 Å². The Morgan fingerprint density at radius 3 is 2.19 bits per heavy atom. The number of esters is 1. The molecule has 0 bridgehead atoms. The maximum atomic E-state index is 11.3. The van der Waals surface area contributed by atoms with E-state index in [4.69, 9.17) is 9.16 Å². The zero-order valence-electron chi connectivity index (χ0n) is 18.6. The van der Waals surface area contributed by atoms with Crippen LogP contribution in [-0.4, -0.2) is 20.9 Å². The first-order valence-corrected chi connectivity index (χ1v) is 13.4. The Bertz CT molecular complexity index is 561. The zero-order valence-corrected chi connectivity index (χ0v) is 19.6. The first kappa shape index (κ1) is 23.7. The van der Waals surface area contributed by atoms with Crippen molar-refractivity contribution in [3.8, 4) is 5.75 Å². The fraction of sp³-hybridized carbons (Fsp3) is 0.696. The van der Waals surface area contributed by atoms with Crippen LogP contribution in [0.25, 0.3) is 0 Å². The van der Waals surface area contributed by atoms with E-state index in [1.54, 1.807) is 0 Å². The summed E-state index contributed by atoms with van der Waals surface area (Å²) >= 11 is 0. The van der Waals surface area contributed by atoms with Crippen LogP contribution in [0.5, 0.6) is 5.75 Å². The molecule has 0 radical (unpaired) electrons. The van der Waals surface area contributed by atoms with E-state index in [1.807, 2.05) is 6.92 Å². The van der Waals surface area contributed by atoms with Gasteiger partial charge in [0.25, 0.3) is 8.32 Å². The largest absolute Gasteiger partial charge is 0.543 e. The second-order valence-corrected chi connectivity index (χ2v) is 13.4. The molecule has 0 aliphatic rings. The summed E-state index contributed by atoms with van der Waals surface area (Å²) < 4.78 is 11.4. The topological polar surface area (TPSA) is 35.5 Å². The highest BCUT2D eigenvalue weighted by molar-refractivity contribution is 6.74. The van der Waals surface area contributed by atoms with Crippen LogP contribution in [0.1, 0.15) is 72.3 Å². The van der Waals surface area contributed by atoms with Crippen LogP contribution in [0, 0.1) is 5.92 Å². The van der Waals surface area contributed by atoms with Crippen molar-refractivity contribution in [3.05, 3.63) is 29.8 Å². The Hall–Kier alpha value is -1.29. The summed E-state index contributed by atoms with van der Waals surface area (Å²) in [6.45, 7) is 16.2. The summed E-state index contributed by atoms with van der Waals surface area (Å²) in [5.74, 6) is 1.53. The summed E-state index contributed by atoms with van der Waals surface area (Å²) in [4.78, 5) is 11.3. The van der Waals surface area contributed by atoms with E-state index in [2.05, 4.69) is 65.1 Å². The maximum absolute atomic E-state index is 11.3. The summed E-state index contributed by atoms with van der Waals surface area (Å²) in [7, 11) is -1.85. The van der Waals surface area contributed by atoms with E-state index in [9.17, 15) is 4.79 Å². The average Bonchev–Trinajstić information content (AvgIpc) is 2.59. The number of unbranched alkanes of at least 4 members (excludes halogenated alkanes) is 3. The SMILES string of the molecule is CCOC(=O)CCCCCCc1ccc(O[Si](C)(C)C(C)(C)C(C)C)cc1. The van der Waals surface area contributed by atoms with Crippen LogP contribution in [0.4, 0.5) is 0 Å². The summed E-state index contributed by atoms with van der Waals surface area (Å²) in [6.07, 6.45) is 5.95. The number of carbonyl (C=O) groups is 1. The maximum Gasteiger partial charge on any atom is 0.305 e. The molecule has 1 aromatic carbocycles. The van der Waals surface area contributed by atoms with Gasteiger partial charge in [-0.15, -0.1) is 0 Å². The predicted octanol–water partition coefficient (Wildman–Crippen LogP) is 6.76. The Morgan fingerprint density at radius 1 is 1.04 bits per heavy atom. The van der Waals surface area contributed by atoms with Gasteiger partial charge in [0.15, 0.2) is 0 Å². The molecule has 1 aromatic rings. The Kier molecular flexibility index (Phi) is 9.58. The van der Waals surface area contributed by atoms with Crippen molar-refractivity contribution >= 4 is 14.3 Å². The van der Waals surface area contributed by atoms with E-state index in [0.717, 1.165) is 37.9 Å². The van der Waals surface area contributed by atoms with Gasteiger partial charge < -0.3 is 9.16 Å². The highest BCUT2D eigenvalue weighted by Gasteiger charge is 2.44. The molecule has 4 heteroatoms. The van der Waals surface area contributed by atoms with Gasteiger partial charge >= 0.3 is 5.97 Å². The molecule has 1 rings (SSSR count). The molecule has 0 saturated carbocycles. The molecule has 0 aromatic heterocycles. The van der Waals surface area contributed by atoms with Crippen LogP contribution in [0.15, 0.2) is 24.3 Å². The highest BCUT2D eigenvalue weighted by Crippen LogP contribution is 2.44. The standard InChI is InChI=1S/C23H40O3Si/c1-8-25-22(24)14-12-10-9-11-13-20-15-17-21(18-16-20)26-27(6,7)23(4,5)19(2)3/h15-19H,8-14H2,1-7H3. The second kappa shape index (κ2) is 10.9. The average molecular weight is 393 g/mol. The molecule has 0 aliphatic carbocycles. The van der Waals surface area contributed by atoms with Crippen molar-refractivity contribution < 1.29 is 14.0 Å². The molecule has 0 unspecified atom stereocenters. The van der Waals surface area contributed by atoms with Crippen molar-refractivity contribution in [2.24, 2.45) is 5.92 Å². The van der Waals surface area contributed by atoms with E-state index >= 15 is 0 Å². The van der Waals surface area contributed by atoms with Crippen molar-refractivity contribution in [1.82, 2.24) is 0 Å². The molecule has 0 saturated heterocycles. The van der Waals surface area contributed by atoms with Crippen molar-refractivity contribution in [2.75, 3.05) is 6.61 Å². The fourth-order valence-electron chi connectivity index (χ4n) is 3.03. The van der Waals surface area contributed by atoms with Crippen LogP contribution in [0.2, 0.25) is 18.1 Å². The first-order valence-electron chi connectivity index (χ1n) is 10.5. The molecular formula is C23H40O3Si. The van der Waals surface area contributed by atoms with Crippen LogP contribution in [-0.2, 0) is 16.0 Å². The smallest absolute Gasteiger partial charge is 0.305 e. The minimum atomic E-state index is -1.85. The van der Waals surface area contributed by atoms with E-state index in [1.165, 1.54) is 5.56 Å². The fourth-order valence-corrected chi connectivity index (χ4v) is 5.41. The molecule has 0 aliphatic heterocycles. The van der Waals surface area contributed by atoms with Gasteiger partial charge in [-0.05, 0) is 67.9 Å². The minimum Gasteiger partial charge on any atom is -0.543 e. The van der Waals surface area contributed by atoms with Gasteiger partial charge in [0, 0.05) is 6.42 Å². The van der Waals surface area contributed by atoms with E-state index in [0.29, 0.717) is 18.9 Å². The second-order valence-electron chi connectivity index (χ2n) is 8.85. The Balaban J connectivity index is 2.39. The quantitative estimate of drug-likeness (QED) is 0.224. The number of hydrogen-bond donors (Lipinski definition) is 0. The molecule has 0 N–H and O–H groups in total. The normalized spacial score (nSPS) is 12.3. The number of aryl methyl sites for hydroxylation is 1. The summed E-state index contributed by atoms with van der Waals surface area (Å²) in [5, 5.41) is 0.217. The van der Waals surface area contributed by atoms with Crippen molar-refractivity contribution in [1.29, 1.82) is 0 Å². The molecule has 154 valence electrons. The lowest BCUT2D eigenvalue weighted by atomic mass is 9.99. The van der Waals surface area contributed by atoms with E-state index in [-0.39, 0.29) is 11.0 Å². The van der Waals surface area contributed by atoms with Crippen LogP contribution < -0.4 is 4.43 Å². The van der Waals surface area contributed by atoms with E-state index < -0.39 is 8.32 Å². The monoisotopic (exact) mass is 392 g/mol. The van der Waals surface area contributed by atoms with Gasteiger partial charge in [-0.25, -0.2) is 0 Å². The van der Waals surface area contributed by atoms with Gasteiger partial charge in [0.2, 0.25) is 0 Å². The predicted molar refractivity (Wildman–Crippen MR) is 117 cm³/mol. The van der Waals surface area contributed by atoms with Gasteiger partial charge in [0.1, 0.15) is 5.75 Å². The molecule has 0 amide bonds. The number of ether oxygens (including phenoxy) is 1. The molecule has 0 spiro atoms. The Morgan fingerprint density at radius 2 is 1.63 bits per heavy atom. The molecule has 0 atom stereocenters. The Labute approximate surface area is 168 Å². The van der Waals surface area contributed by atoms with Crippen LogP contribution >= 0.6 is 0 Å². The lowest BCUT2D eigenvalue weighted by Gasteiger charge is -2.42. The highest BCUT2D eigenvalue weighted by atomic mass is 28.4. The molecule has 0 fully saturated rings. The number of rotatable bonds is 12. The van der Waals surface area contributed by atoms with Gasteiger partial charge in [-0.2, -0.15) is 0 Å². The molecular weight excluding hydrogens is 352 g/mol.